The van der Waals surface area contributed by atoms with Gasteiger partial charge in [0.1, 0.15) is 17.9 Å². The molecule has 1 aliphatic heterocycles. The number of likely N-dealkylation sites (tertiary alicyclic amines) is 1. The van der Waals surface area contributed by atoms with Crippen LogP contribution in [0.25, 0.3) is 0 Å². The van der Waals surface area contributed by atoms with E-state index in [9.17, 15) is 4.79 Å². The minimum atomic E-state index is 0.283. The standard InChI is InChI=1S/C15H26N4O/c1-12(2)9-19-15(16-11-17-19)10-18-7-5-4-6-14(18)8-13(3)20/h11-12,14H,4-10H2,1-3H3. The third-order valence-corrected chi connectivity index (χ3v) is 3.85. The zero-order chi connectivity index (χ0) is 14.5. The summed E-state index contributed by atoms with van der Waals surface area (Å²) in [5.41, 5.74) is 0. The lowest BCUT2D eigenvalue weighted by Gasteiger charge is -2.34. The number of ketones is 1. The minimum Gasteiger partial charge on any atom is -0.300 e. The van der Waals surface area contributed by atoms with E-state index in [2.05, 4.69) is 28.8 Å². The molecule has 5 nitrogen and oxygen atoms in total. The van der Waals surface area contributed by atoms with E-state index in [-0.39, 0.29) is 5.78 Å². The number of hydrogen-bond acceptors (Lipinski definition) is 4. The van der Waals surface area contributed by atoms with E-state index in [1.165, 1.54) is 12.8 Å². The third-order valence-electron chi connectivity index (χ3n) is 3.85. The van der Waals surface area contributed by atoms with Crippen molar-refractivity contribution in [2.24, 2.45) is 5.92 Å². The van der Waals surface area contributed by atoms with E-state index >= 15 is 0 Å². The van der Waals surface area contributed by atoms with Crippen LogP contribution in [0.3, 0.4) is 0 Å². The predicted octanol–water partition coefficient (Wildman–Crippen LogP) is 2.27. The molecule has 112 valence electrons. The first-order chi connectivity index (χ1) is 9.56. The molecule has 0 spiro atoms. The van der Waals surface area contributed by atoms with Gasteiger partial charge in [0.25, 0.3) is 0 Å². The molecule has 0 aromatic carbocycles. The molecule has 20 heavy (non-hydrogen) atoms. The zero-order valence-electron chi connectivity index (χ0n) is 12.9. The van der Waals surface area contributed by atoms with Crippen LogP contribution in [0.2, 0.25) is 0 Å². The van der Waals surface area contributed by atoms with Crippen LogP contribution in [0, 0.1) is 5.92 Å². The van der Waals surface area contributed by atoms with Gasteiger partial charge in [-0.3, -0.25) is 9.69 Å². The minimum absolute atomic E-state index is 0.283. The highest BCUT2D eigenvalue weighted by atomic mass is 16.1. The van der Waals surface area contributed by atoms with Gasteiger partial charge < -0.3 is 0 Å². The summed E-state index contributed by atoms with van der Waals surface area (Å²) in [4.78, 5) is 18.2. The van der Waals surface area contributed by atoms with Crippen LogP contribution in [0.4, 0.5) is 0 Å². The highest BCUT2D eigenvalue weighted by molar-refractivity contribution is 5.76. The lowest BCUT2D eigenvalue weighted by molar-refractivity contribution is -0.118. The molecular formula is C15H26N4O. The van der Waals surface area contributed by atoms with Gasteiger partial charge in [0.05, 0.1) is 6.54 Å². The van der Waals surface area contributed by atoms with E-state index in [1.807, 2.05) is 4.68 Å². The molecule has 0 N–H and O–H groups in total. The van der Waals surface area contributed by atoms with Crippen molar-refractivity contribution >= 4 is 5.78 Å². The van der Waals surface area contributed by atoms with Crippen LogP contribution >= 0.6 is 0 Å². The Morgan fingerprint density at radius 2 is 2.25 bits per heavy atom. The summed E-state index contributed by atoms with van der Waals surface area (Å²) in [5.74, 6) is 1.87. The summed E-state index contributed by atoms with van der Waals surface area (Å²) < 4.78 is 2.00. The fourth-order valence-corrected chi connectivity index (χ4v) is 2.92. The average Bonchev–Trinajstić information content (AvgIpc) is 2.78. The summed E-state index contributed by atoms with van der Waals surface area (Å²) >= 11 is 0. The first-order valence-corrected chi connectivity index (χ1v) is 7.66. The maximum atomic E-state index is 11.4. The molecule has 1 atom stereocenters. The molecule has 2 rings (SSSR count). The number of nitrogens with zero attached hydrogens (tertiary/aromatic N) is 4. The van der Waals surface area contributed by atoms with Crippen molar-refractivity contribution in [3.05, 3.63) is 12.2 Å². The largest absolute Gasteiger partial charge is 0.300 e. The Morgan fingerprint density at radius 3 is 2.95 bits per heavy atom. The van der Waals surface area contributed by atoms with Gasteiger partial charge in [-0.15, -0.1) is 0 Å². The van der Waals surface area contributed by atoms with Crippen molar-refractivity contribution in [2.45, 2.75) is 65.6 Å². The normalized spacial score (nSPS) is 20.5. The van der Waals surface area contributed by atoms with E-state index in [1.54, 1.807) is 13.3 Å². The number of carbonyl (C=O) groups is 1. The number of Topliss-reactive ketones (excluding diaryl/α,β-unsaturated/α-hetero) is 1. The zero-order valence-corrected chi connectivity index (χ0v) is 12.9. The van der Waals surface area contributed by atoms with Gasteiger partial charge in [-0.1, -0.05) is 20.3 Å². The third kappa shape index (κ3) is 4.13. The summed E-state index contributed by atoms with van der Waals surface area (Å²) in [5, 5.41) is 4.32. The van der Waals surface area contributed by atoms with E-state index in [0.717, 1.165) is 31.9 Å². The van der Waals surface area contributed by atoms with Gasteiger partial charge in [-0.25, -0.2) is 9.67 Å². The lowest BCUT2D eigenvalue weighted by atomic mass is 9.98. The van der Waals surface area contributed by atoms with Crippen molar-refractivity contribution in [3.63, 3.8) is 0 Å². The second-order valence-corrected chi connectivity index (χ2v) is 6.28. The molecule has 1 aromatic heterocycles. The Balaban J connectivity index is 2.03. The fraction of sp³-hybridized carbons (Fsp3) is 0.800. The second kappa shape index (κ2) is 6.97. The first-order valence-electron chi connectivity index (χ1n) is 7.66. The van der Waals surface area contributed by atoms with E-state index in [0.29, 0.717) is 18.4 Å². The number of aromatic nitrogens is 3. The van der Waals surface area contributed by atoms with Crippen LogP contribution in [-0.2, 0) is 17.9 Å². The van der Waals surface area contributed by atoms with Gasteiger partial charge in [0, 0.05) is 19.0 Å². The summed E-state index contributed by atoms with van der Waals surface area (Å²) in [6, 6.07) is 0.380. The Kier molecular flexibility index (Phi) is 5.29. The van der Waals surface area contributed by atoms with Crippen molar-refractivity contribution in [1.29, 1.82) is 0 Å². The van der Waals surface area contributed by atoms with E-state index in [4.69, 9.17) is 0 Å². The van der Waals surface area contributed by atoms with Crippen LogP contribution in [0.15, 0.2) is 6.33 Å². The number of hydrogen-bond donors (Lipinski definition) is 0. The SMILES string of the molecule is CC(=O)CC1CCCCN1Cc1ncnn1CC(C)C. The monoisotopic (exact) mass is 278 g/mol. The molecule has 1 unspecified atom stereocenters. The molecule has 0 radical (unpaired) electrons. The first kappa shape index (κ1) is 15.2. The Bertz CT molecular complexity index is 441. The molecule has 1 aromatic rings. The van der Waals surface area contributed by atoms with Crippen molar-refractivity contribution in [2.75, 3.05) is 6.54 Å². The maximum Gasteiger partial charge on any atom is 0.141 e. The van der Waals surface area contributed by atoms with Crippen LogP contribution in [-0.4, -0.2) is 38.0 Å². The summed E-state index contributed by atoms with van der Waals surface area (Å²) in [6.07, 6.45) is 5.87. The lowest BCUT2D eigenvalue weighted by Crippen LogP contribution is -2.40. The Morgan fingerprint density at radius 1 is 1.45 bits per heavy atom. The molecular weight excluding hydrogens is 252 g/mol. The fourth-order valence-electron chi connectivity index (χ4n) is 2.92. The topological polar surface area (TPSA) is 51.0 Å². The number of rotatable bonds is 6. The Hall–Kier alpha value is -1.23. The van der Waals surface area contributed by atoms with Crippen molar-refractivity contribution in [3.8, 4) is 0 Å². The van der Waals surface area contributed by atoms with Crippen LogP contribution < -0.4 is 0 Å². The molecule has 1 fully saturated rings. The van der Waals surface area contributed by atoms with Crippen LogP contribution in [0.1, 0.15) is 52.3 Å². The quantitative estimate of drug-likeness (QED) is 0.801. The van der Waals surface area contributed by atoms with Gasteiger partial charge in [0.2, 0.25) is 0 Å². The molecule has 5 heteroatoms. The Labute approximate surface area is 121 Å². The number of piperidine rings is 1. The molecule has 2 heterocycles. The summed E-state index contributed by atoms with van der Waals surface area (Å²) in [7, 11) is 0. The van der Waals surface area contributed by atoms with Gasteiger partial charge >= 0.3 is 0 Å². The summed E-state index contributed by atoms with van der Waals surface area (Å²) in [6.45, 7) is 8.83. The van der Waals surface area contributed by atoms with Crippen LogP contribution in [0.5, 0.6) is 0 Å². The number of carbonyl (C=O) groups excluding carboxylic acids is 1. The molecule has 1 aliphatic rings. The highest BCUT2D eigenvalue weighted by Crippen LogP contribution is 2.21. The van der Waals surface area contributed by atoms with Crippen molar-refractivity contribution in [1.82, 2.24) is 19.7 Å². The predicted molar refractivity (Wildman–Crippen MR) is 78.2 cm³/mol. The average molecular weight is 278 g/mol. The molecule has 0 amide bonds. The second-order valence-electron chi connectivity index (χ2n) is 6.28. The van der Waals surface area contributed by atoms with Crippen molar-refractivity contribution < 1.29 is 4.79 Å². The van der Waals surface area contributed by atoms with Gasteiger partial charge in [-0.05, 0) is 32.2 Å². The molecule has 0 bridgehead atoms. The van der Waals surface area contributed by atoms with Gasteiger partial charge in [-0.2, -0.15) is 5.10 Å². The maximum absolute atomic E-state index is 11.4. The smallest absolute Gasteiger partial charge is 0.141 e. The molecule has 1 saturated heterocycles. The van der Waals surface area contributed by atoms with Gasteiger partial charge in [0.15, 0.2) is 0 Å². The molecule has 0 aliphatic carbocycles. The highest BCUT2D eigenvalue weighted by Gasteiger charge is 2.25. The molecule has 0 saturated carbocycles. The van der Waals surface area contributed by atoms with E-state index < -0.39 is 0 Å².